The molecule has 2 aromatic rings. The number of hydrogen-bond donors (Lipinski definition) is 1. The predicted octanol–water partition coefficient (Wildman–Crippen LogP) is 5.14. The van der Waals surface area contributed by atoms with Gasteiger partial charge in [-0.15, -0.1) is 0 Å². The first kappa shape index (κ1) is 25.8. The summed E-state index contributed by atoms with van der Waals surface area (Å²) in [4.78, 5) is 29.9. The van der Waals surface area contributed by atoms with Crippen molar-refractivity contribution in [2.24, 2.45) is 5.92 Å². The Morgan fingerprint density at radius 1 is 1.06 bits per heavy atom. The quantitative estimate of drug-likeness (QED) is 0.287. The maximum atomic E-state index is 13.1. The van der Waals surface area contributed by atoms with Crippen molar-refractivity contribution in [1.82, 2.24) is 9.80 Å². The van der Waals surface area contributed by atoms with Crippen LogP contribution in [0.2, 0.25) is 5.02 Å². The van der Waals surface area contributed by atoms with Crippen LogP contribution >= 0.6 is 11.6 Å². The Morgan fingerprint density at radius 2 is 1.68 bits per heavy atom. The second kappa shape index (κ2) is 11.5. The summed E-state index contributed by atoms with van der Waals surface area (Å²) in [6.07, 6.45) is 0. The lowest BCUT2D eigenvalue weighted by atomic mass is 9.95. The number of halogens is 1. The Balaban J connectivity index is 2.00. The highest BCUT2D eigenvalue weighted by atomic mass is 35.5. The number of ether oxygens (including phenoxy) is 1. The van der Waals surface area contributed by atoms with Crippen LogP contribution in [0.4, 0.5) is 0 Å². The number of aliphatic hydroxyl groups is 1. The van der Waals surface area contributed by atoms with E-state index >= 15 is 0 Å². The lowest BCUT2D eigenvalue weighted by molar-refractivity contribution is -0.140. The molecule has 1 aliphatic rings. The second-order valence-electron chi connectivity index (χ2n) is 8.80. The van der Waals surface area contributed by atoms with Crippen LogP contribution in [0.25, 0.3) is 5.76 Å². The van der Waals surface area contributed by atoms with Gasteiger partial charge in [0.1, 0.15) is 11.5 Å². The molecule has 182 valence electrons. The van der Waals surface area contributed by atoms with E-state index in [-0.39, 0.29) is 11.3 Å². The van der Waals surface area contributed by atoms with Gasteiger partial charge >= 0.3 is 0 Å². The highest BCUT2D eigenvalue weighted by Gasteiger charge is 2.45. The van der Waals surface area contributed by atoms with Gasteiger partial charge in [-0.25, -0.2) is 0 Å². The normalized spacial score (nSPS) is 17.7. The minimum Gasteiger partial charge on any atom is -0.507 e. The Labute approximate surface area is 206 Å². The summed E-state index contributed by atoms with van der Waals surface area (Å²) in [7, 11) is 0. The molecule has 3 rings (SSSR count). The van der Waals surface area contributed by atoms with Gasteiger partial charge in [0.25, 0.3) is 11.7 Å². The summed E-state index contributed by atoms with van der Waals surface area (Å²) in [5.41, 5.74) is 1.27. The molecule has 0 aromatic heterocycles. The van der Waals surface area contributed by atoms with E-state index in [9.17, 15) is 14.7 Å². The summed E-state index contributed by atoms with van der Waals surface area (Å²) in [5.74, 6) is -0.416. The fourth-order valence-electron chi connectivity index (χ4n) is 4.02. The van der Waals surface area contributed by atoms with Crippen LogP contribution < -0.4 is 4.74 Å². The van der Waals surface area contributed by atoms with Gasteiger partial charge < -0.3 is 19.6 Å². The first-order chi connectivity index (χ1) is 16.3. The largest absolute Gasteiger partial charge is 0.507 e. The molecule has 0 radical (unpaired) electrons. The first-order valence-corrected chi connectivity index (χ1v) is 12.1. The predicted molar refractivity (Wildman–Crippen MR) is 135 cm³/mol. The van der Waals surface area contributed by atoms with E-state index in [0.29, 0.717) is 41.9 Å². The molecule has 1 N–H and O–H groups in total. The molecule has 1 unspecified atom stereocenters. The minimum absolute atomic E-state index is 0.0859. The van der Waals surface area contributed by atoms with Crippen molar-refractivity contribution in [3.8, 4) is 5.75 Å². The standard InChI is InChI=1S/C27H33ClN2O4/c1-5-29(6-2)15-16-30-24(19-7-11-21(28)12-8-19)23(26(32)27(30)33)25(31)20-9-13-22(14-10-20)34-17-18(3)4/h7-14,18,24,31H,5-6,15-17H2,1-4H3/b25-23-. The molecule has 0 aliphatic carbocycles. The number of carbonyl (C=O) groups is 2. The number of carbonyl (C=O) groups excluding carboxylic acids is 2. The van der Waals surface area contributed by atoms with Gasteiger partial charge in [-0.2, -0.15) is 0 Å². The zero-order valence-corrected chi connectivity index (χ0v) is 21.0. The molecule has 0 saturated carbocycles. The van der Waals surface area contributed by atoms with E-state index in [1.807, 2.05) is 0 Å². The molecule has 1 aliphatic heterocycles. The van der Waals surface area contributed by atoms with Gasteiger partial charge in [-0.1, -0.05) is 51.4 Å². The van der Waals surface area contributed by atoms with Gasteiger partial charge in [-0.05, 0) is 61.0 Å². The Hall–Kier alpha value is -2.83. The number of rotatable bonds is 10. The summed E-state index contributed by atoms with van der Waals surface area (Å²) in [6.45, 7) is 11.5. The van der Waals surface area contributed by atoms with Crippen LogP contribution in [0.1, 0.15) is 44.9 Å². The number of Topliss-reactive ketones (excluding diaryl/α,β-unsaturated/α-hetero) is 1. The average molecular weight is 485 g/mol. The fraction of sp³-hybridized carbons (Fsp3) is 0.407. The highest BCUT2D eigenvalue weighted by molar-refractivity contribution is 6.46. The molecule has 7 heteroatoms. The molecule has 0 bridgehead atoms. The van der Waals surface area contributed by atoms with Crippen LogP contribution in [0.3, 0.4) is 0 Å². The third kappa shape index (κ3) is 5.80. The van der Waals surface area contributed by atoms with Crippen LogP contribution in [-0.4, -0.2) is 59.4 Å². The van der Waals surface area contributed by atoms with Crippen molar-refractivity contribution in [3.63, 3.8) is 0 Å². The van der Waals surface area contributed by atoms with Gasteiger partial charge in [0.05, 0.1) is 18.2 Å². The van der Waals surface area contributed by atoms with Crippen molar-refractivity contribution < 1.29 is 19.4 Å². The van der Waals surface area contributed by atoms with Gasteiger partial charge in [-0.3, -0.25) is 9.59 Å². The van der Waals surface area contributed by atoms with E-state index < -0.39 is 17.7 Å². The zero-order valence-electron chi connectivity index (χ0n) is 20.3. The van der Waals surface area contributed by atoms with Crippen LogP contribution in [0.15, 0.2) is 54.1 Å². The van der Waals surface area contributed by atoms with E-state index in [1.165, 1.54) is 0 Å². The van der Waals surface area contributed by atoms with E-state index in [4.69, 9.17) is 16.3 Å². The Kier molecular flexibility index (Phi) is 8.75. The third-order valence-corrected chi connectivity index (χ3v) is 6.24. The number of amides is 1. The van der Waals surface area contributed by atoms with Crippen LogP contribution in [-0.2, 0) is 9.59 Å². The lowest BCUT2D eigenvalue weighted by Crippen LogP contribution is -2.38. The first-order valence-electron chi connectivity index (χ1n) is 11.8. The second-order valence-corrected chi connectivity index (χ2v) is 9.24. The maximum Gasteiger partial charge on any atom is 0.295 e. The molecule has 34 heavy (non-hydrogen) atoms. The van der Waals surface area contributed by atoms with Crippen molar-refractivity contribution in [2.75, 3.05) is 32.8 Å². The van der Waals surface area contributed by atoms with E-state index in [0.717, 1.165) is 18.7 Å². The third-order valence-electron chi connectivity index (χ3n) is 5.99. The van der Waals surface area contributed by atoms with Crippen molar-refractivity contribution in [1.29, 1.82) is 0 Å². The van der Waals surface area contributed by atoms with Crippen LogP contribution in [0.5, 0.6) is 5.75 Å². The lowest BCUT2D eigenvalue weighted by Gasteiger charge is -2.28. The summed E-state index contributed by atoms with van der Waals surface area (Å²) in [5, 5.41) is 11.8. The van der Waals surface area contributed by atoms with Crippen LogP contribution in [0, 0.1) is 5.92 Å². The molecule has 1 heterocycles. The van der Waals surface area contributed by atoms with Crippen molar-refractivity contribution >= 4 is 29.1 Å². The molecule has 1 atom stereocenters. The number of ketones is 1. The number of aliphatic hydroxyl groups excluding tert-OH is 1. The maximum absolute atomic E-state index is 13.1. The number of benzene rings is 2. The smallest absolute Gasteiger partial charge is 0.295 e. The Bertz CT molecular complexity index is 1030. The zero-order chi connectivity index (χ0) is 24.8. The van der Waals surface area contributed by atoms with Gasteiger partial charge in [0.15, 0.2) is 0 Å². The molecule has 1 amide bonds. The number of nitrogens with zero attached hydrogens (tertiary/aromatic N) is 2. The molecule has 2 aromatic carbocycles. The van der Waals surface area contributed by atoms with Gasteiger partial charge in [0, 0.05) is 23.7 Å². The summed E-state index contributed by atoms with van der Waals surface area (Å²) in [6, 6.07) is 13.3. The number of likely N-dealkylation sites (tertiary alicyclic amines) is 1. The van der Waals surface area contributed by atoms with Gasteiger partial charge in [0.2, 0.25) is 0 Å². The monoisotopic (exact) mass is 484 g/mol. The molecule has 0 spiro atoms. The molecule has 6 nitrogen and oxygen atoms in total. The molecule has 1 fully saturated rings. The fourth-order valence-corrected chi connectivity index (χ4v) is 4.14. The SMILES string of the molecule is CCN(CC)CCN1C(=O)C(=O)/C(=C(\O)c2ccc(OCC(C)C)cc2)C1c1ccc(Cl)cc1. The number of hydrogen-bond acceptors (Lipinski definition) is 5. The molecule has 1 saturated heterocycles. The van der Waals surface area contributed by atoms with E-state index in [1.54, 1.807) is 53.4 Å². The Morgan fingerprint density at radius 3 is 2.24 bits per heavy atom. The van der Waals surface area contributed by atoms with Crippen molar-refractivity contribution in [3.05, 3.63) is 70.3 Å². The average Bonchev–Trinajstić information content (AvgIpc) is 3.08. The number of likely N-dealkylation sites (N-methyl/N-ethyl adjacent to an activating group) is 1. The topological polar surface area (TPSA) is 70.1 Å². The van der Waals surface area contributed by atoms with E-state index in [2.05, 4.69) is 32.6 Å². The minimum atomic E-state index is -0.690. The summed E-state index contributed by atoms with van der Waals surface area (Å²) >= 11 is 6.08. The highest BCUT2D eigenvalue weighted by Crippen LogP contribution is 2.39. The molecular formula is C27H33ClN2O4. The molecular weight excluding hydrogens is 452 g/mol. The van der Waals surface area contributed by atoms with Crippen molar-refractivity contribution in [2.45, 2.75) is 33.7 Å². The summed E-state index contributed by atoms with van der Waals surface area (Å²) < 4.78 is 5.72.